The molecule has 0 atom stereocenters. The van der Waals surface area contributed by atoms with Crippen LogP contribution >= 0.6 is 0 Å². The number of likely N-dealkylation sites (N-methyl/N-ethyl adjacent to an activating group) is 4. The average molecular weight is 703 g/mol. The molecule has 1 aliphatic heterocycles. The lowest BCUT2D eigenvalue weighted by molar-refractivity contribution is -0.0296. The third-order valence-corrected chi connectivity index (χ3v) is 11.6. The van der Waals surface area contributed by atoms with Gasteiger partial charge in [0, 0.05) is 83.1 Å². The van der Waals surface area contributed by atoms with E-state index in [1.54, 1.807) is 0 Å². The number of nitrogens with one attached hydrogen (secondary N) is 2. The van der Waals surface area contributed by atoms with Crippen LogP contribution in [0.2, 0.25) is 0 Å². The summed E-state index contributed by atoms with van der Waals surface area (Å²) in [5.41, 5.74) is 6.02. The summed E-state index contributed by atoms with van der Waals surface area (Å²) in [4.78, 5) is 9.23. The first kappa shape index (κ1) is 40.9. The molecule has 3 fully saturated rings. The highest BCUT2D eigenvalue weighted by Crippen LogP contribution is 2.50. The highest BCUT2D eigenvalue weighted by Gasteiger charge is 2.46. The molecule has 3 heterocycles. The van der Waals surface area contributed by atoms with Crippen molar-refractivity contribution in [1.82, 2.24) is 40.0 Å². The van der Waals surface area contributed by atoms with E-state index in [4.69, 9.17) is 4.74 Å². The van der Waals surface area contributed by atoms with Gasteiger partial charge in [0.05, 0.1) is 24.6 Å². The Balaban J connectivity index is 0.000000347. The molecule has 2 aromatic rings. The molecule has 2 aromatic heterocycles. The minimum atomic E-state index is 0. The Morgan fingerprint density at radius 1 is 0.780 bits per heavy atom. The number of aliphatic hydroxyl groups excluding tert-OH is 1. The van der Waals surface area contributed by atoms with Crippen LogP contribution in [0.15, 0.2) is 12.4 Å². The molecule has 0 radical (unpaired) electrons. The molecular weight excluding hydrogens is 624 g/mol. The van der Waals surface area contributed by atoms with Crippen molar-refractivity contribution in [3.63, 3.8) is 0 Å². The largest absolute Gasteiger partial charge is 0.396 e. The molecule has 0 aromatic carbocycles. The van der Waals surface area contributed by atoms with E-state index in [0.29, 0.717) is 17.3 Å². The van der Waals surface area contributed by atoms with Crippen molar-refractivity contribution in [3.05, 3.63) is 34.9 Å². The molecule has 0 amide bonds. The van der Waals surface area contributed by atoms with Gasteiger partial charge in [-0.2, -0.15) is 10.2 Å². The number of aromatic nitrogens is 4. The second kappa shape index (κ2) is 18.3. The number of nitrogens with zero attached hydrogens (tertiary/aromatic N) is 6. The maximum atomic E-state index is 9.50. The molecule has 2 aliphatic carbocycles. The lowest BCUT2D eigenvalue weighted by atomic mass is 9.72. The van der Waals surface area contributed by atoms with Crippen LogP contribution in [0.5, 0.6) is 0 Å². The quantitative estimate of drug-likeness (QED) is 0.186. The van der Waals surface area contributed by atoms with Gasteiger partial charge in [-0.05, 0) is 123 Å². The molecule has 3 aliphatic rings. The topological polar surface area (TPSA) is 99.8 Å². The van der Waals surface area contributed by atoms with Crippen molar-refractivity contribution in [2.24, 2.45) is 16.7 Å². The second-order valence-corrected chi connectivity index (χ2v) is 18.5. The molecule has 10 heteroatoms. The predicted molar refractivity (Wildman–Crippen MR) is 210 cm³/mol. The zero-order valence-electron chi connectivity index (χ0n) is 33.7. The van der Waals surface area contributed by atoms with Crippen LogP contribution in [0.1, 0.15) is 129 Å². The van der Waals surface area contributed by atoms with Crippen LogP contribution in [0.3, 0.4) is 0 Å². The van der Waals surface area contributed by atoms with Crippen molar-refractivity contribution in [3.8, 4) is 0 Å². The van der Waals surface area contributed by atoms with Gasteiger partial charge in [-0.1, -0.05) is 27.7 Å². The SMILES string of the molecule is CN(C)CCN(C)Cc1cn[nH]c1C1CCC(CC(C)(C)CO)CC1.CN(C)CCN(C)Cc1cn[nH]c1C1CCC2(CC1)CC(C)(C)CO2.[HH].[HH]. The standard InChI is InChI=1S/C20H36N4O.C20H38N4O.2H2/c1-19(2)14-20(25-15-19)8-6-16(7-9-20)18-17(12-21-22-18)13-24(5)11-10-23(3)4;1-20(2,15-25)12-16-6-8-17(9-7-16)19-18(13-21-22-19)14-24(5)11-10-23(3)4;;/h12,16H,6-11,13-15H2,1-5H3,(H,21,22);13,16-17,25H,6-12,14-15H2,1-5H3,(H,21,22);2*1H. The number of rotatable bonds is 15. The lowest BCUT2D eigenvalue weighted by Crippen LogP contribution is -2.34. The lowest BCUT2D eigenvalue weighted by Gasteiger charge is -2.37. The normalized spacial score (nSPS) is 25.6. The molecule has 5 rings (SSSR count). The van der Waals surface area contributed by atoms with Gasteiger partial charge in [0.15, 0.2) is 0 Å². The van der Waals surface area contributed by atoms with Crippen LogP contribution in [0, 0.1) is 16.7 Å². The Morgan fingerprint density at radius 2 is 1.26 bits per heavy atom. The number of aliphatic hydroxyl groups is 1. The zero-order chi connectivity index (χ0) is 36.5. The second-order valence-electron chi connectivity index (χ2n) is 18.5. The summed E-state index contributed by atoms with van der Waals surface area (Å²) < 4.78 is 6.27. The van der Waals surface area contributed by atoms with E-state index in [9.17, 15) is 5.11 Å². The monoisotopic (exact) mass is 703 g/mol. The molecule has 3 N–H and O–H groups in total. The number of H-pyrrole nitrogens is 2. The summed E-state index contributed by atoms with van der Waals surface area (Å²) in [5, 5.41) is 24.8. The van der Waals surface area contributed by atoms with Crippen molar-refractivity contribution in [1.29, 1.82) is 0 Å². The minimum Gasteiger partial charge on any atom is -0.396 e. The summed E-state index contributed by atoms with van der Waals surface area (Å²) in [6.45, 7) is 16.5. The van der Waals surface area contributed by atoms with E-state index in [2.05, 4.69) is 110 Å². The van der Waals surface area contributed by atoms with Gasteiger partial charge in [0.2, 0.25) is 0 Å². The van der Waals surface area contributed by atoms with Crippen molar-refractivity contribution in [2.45, 2.75) is 122 Å². The Bertz CT molecular complexity index is 1260. The summed E-state index contributed by atoms with van der Waals surface area (Å²) in [6, 6.07) is 0. The Hall–Kier alpha value is -1.82. The maximum absolute atomic E-state index is 9.50. The predicted octanol–water partition coefficient (Wildman–Crippen LogP) is 6.82. The van der Waals surface area contributed by atoms with E-state index in [0.717, 1.165) is 58.2 Å². The number of hydrogen-bond donors (Lipinski definition) is 3. The van der Waals surface area contributed by atoms with Gasteiger partial charge in [-0.3, -0.25) is 10.2 Å². The van der Waals surface area contributed by atoms with Crippen molar-refractivity contribution < 1.29 is 12.7 Å². The van der Waals surface area contributed by atoms with Crippen LogP contribution < -0.4 is 0 Å². The number of ether oxygens (including phenoxy) is 1. The Kier molecular flexibility index (Phi) is 15.0. The molecule has 1 spiro atoms. The molecule has 10 nitrogen and oxygen atoms in total. The Morgan fingerprint density at radius 3 is 1.68 bits per heavy atom. The van der Waals surface area contributed by atoms with Crippen LogP contribution in [0.4, 0.5) is 0 Å². The summed E-state index contributed by atoms with van der Waals surface area (Å²) >= 11 is 0. The minimum absolute atomic E-state index is 0. The zero-order valence-corrected chi connectivity index (χ0v) is 33.7. The highest BCUT2D eigenvalue weighted by atomic mass is 16.5. The fourth-order valence-electron chi connectivity index (χ4n) is 8.66. The van der Waals surface area contributed by atoms with Crippen LogP contribution in [-0.4, -0.2) is 132 Å². The maximum Gasteiger partial charge on any atom is 0.0689 e. The fraction of sp³-hybridized carbons (Fsp3) is 0.850. The highest BCUT2D eigenvalue weighted by molar-refractivity contribution is 5.22. The molecule has 1 saturated heterocycles. The van der Waals surface area contributed by atoms with E-state index in [1.165, 1.54) is 80.3 Å². The third kappa shape index (κ3) is 12.4. The van der Waals surface area contributed by atoms with Crippen LogP contribution in [-0.2, 0) is 17.8 Å². The van der Waals surface area contributed by atoms with Gasteiger partial charge >= 0.3 is 0 Å². The number of aromatic amines is 2. The van der Waals surface area contributed by atoms with E-state index >= 15 is 0 Å². The average Bonchev–Trinajstić information content (AvgIpc) is 3.79. The molecule has 2 saturated carbocycles. The smallest absolute Gasteiger partial charge is 0.0689 e. The van der Waals surface area contributed by atoms with Gasteiger partial charge < -0.3 is 29.4 Å². The number of hydrogen-bond acceptors (Lipinski definition) is 8. The van der Waals surface area contributed by atoms with Gasteiger partial charge in [0.1, 0.15) is 0 Å². The Labute approximate surface area is 308 Å². The molecule has 290 valence electrons. The third-order valence-electron chi connectivity index (χ3n) is 11.6. The molecule has 0 unspecified atom stereocenters. The molecule has 0 bridgehead atoms. The summed E-state index contributed by atoms with van der Waals surface area (Å²) in [7, 11) is 12.9. The first-order chi connectivity index (χ1) is 23.6. The van der Waals surface area contributed by atoms with Gasteiger partial charge in [0.25, 0.3) is 0 Å². The fourth-order valence-corrected chi connectivity index (χ4v) is 8.66. The van der Waals surface area contributed by atoms with Crippen molar-refractivity contribution >= 4 is 0 Å². The van der Waals surface area contributed by atoms with Gasteiger partial charge in [-0.25, -0.2) is 0 Å². The van der Waals surface area contributed by atoms with E-state index < -0.39 is 0 Å². The first-order valence-electron chi connectivity index (χ1n) is 19.5. The summed E-state index contributed by atoms with van der Waals surface area (Å²) in [5.74, 6) is 1.98. The molecular formula is C40H78N8O2. The van der Waals surface area contributed by atoms with Crippen LogP contribution in [0.25, 0.3) is 0 Å². The van der Waals surface area contributed by atoms with Crippen molar-refractivity contribution in [2.75, 3.05) is 81.7 Å². The van der Waals surface area contributed by atoms with E-state index in [1.807, 2.05) is 12.4 Å². The summed E-state index contributed by atoms with van der Waals surface area (Å²) in [6.07, 6.45) is 16.2. The first-order valence-corrected chi connectivity index (χ1v) is 19.5. The molecule has 50 heavy (non-hydrogen) atoms. The van der Waals surface area contributed by atoms with E-state index in [-0.39, 0.29) is 20.5 Å². The van der Waals surface area contributed by atoms with Gasteiger partial charge in [-0.15, -0.1) is 0 Å².